The van der Waals surface area contributed by atoms with Gasteiger partial charge in [0, 0.05) is 24.1 Å². The molecule has 0 saturated carbocycles. The maximum atomic E-state index is 12.2. The molecule has 1 unspecified atom stereocenters. The summed E-state index contributed by atoms with van der Waals surface area (Å²) in [7, 11) is 0. The largest absolute Gasteiger partial charge is 0.368 e. The lowest BCUT2D eigenvalue weighted by molar-refractivity contribution is -0.124. The van der Waals surface area contributed by atoms with Crippen LogP contribution in [0.25, 0.3) is 17.0 Å². The molecule has 3 aromatic rings. The molecule has 1 N–H and O–H groups in total. The van der Waals surface area contributed by atoms with Gasteiger partial charge in [0.05, 0.1) is 0 Å². The summed E-state index contributed by atoms with van der Waals surface area (Å²) in [6, 6.07) is 13.4. The van der Waals surface area contributed by atoms with E-state index < -0.39 is 0 Å². The molecular formula is C17H16N4O2. The van der Waals surface area contributed by atoms with E-state index in [9.17, 15) is 4.79 Å². The first-order valence-electron chi connectivity index (χ1n) is 7.64. The number of nitrogens with zero attached hydrogens (tertiary/aromatic N) is 3. The number of ether oxygens (including phenoxy) is 1. The van der Waals surface area contributed by atoms with Gasteiger partial charge < -0.3 is 10.1 Å². The third-order valence-corrected chi connectivity index (χ3v) is 3.92. The Labute approximate surface area is 133 Å². The van der Waals surface area contributed by atoms with E-state index in [2.05, 4.69) is 15.5 Å². The van der Waals surface area contributed by atoms with E-state index >= 15 is 0 Å². The Hall–Kier alpha value is -2.73. The first-order valence-corrected chi connectivity index (χ1v) is 7.64. The van der Waals surface area contributed by atoms with E-state index in [0.717, 1.165) is 35.6 Å². The van der Waals surface area contributed by atoms with Crippen LogP contribution in [0.5, 0.6) is 0 Å². The maximum Gasteiger partial charge on any atom is 0.253 e. The molecular weight excluding hydrogens is 292 g/mol. The van der Waals surface area contributed by atoms with Gasteiger partial charge in [-0.1, -0.05) is 18.2 Å². The van der Waals surface area contributed by atoms with E-state index in [-0.39, 0.29) is 12.0 Å². The van der Waals surface area contributed by atoms with E-state index in [4.69, 9.17) is 4.74 Å². The molecule has 1 amide bonds. The Morgan fingerprint density at radius 1 is 1.22 bits per heavy atom. The first-order chi connectivity index (χ1) is 11.3. The fourth-order valence-electron chi connectivity index (χ4n) is 2.78. The van der Waals surface area contributed by atoms with E-state index in [0.29, 0.717) is 6.61 Å². The summed E-state index contributed by atoms with van der Waals surface area (Å²) >= 11 is 0. The van der Waals surface area contributed by atoms with E-state index in [1.165, 1.54) is 0 Å². The number of hydrogen-bond acceptors (Lipinski definition) is 4. The molecule has 0 spiro atoms. The molecule has 1 aliphatic heterocycles. The Balaban J connectivity index is 1.62. The molecule has 1 aromatic carbocycles. The second-order valence-corrected chi connectivity index (χ2v) is 5.52. The van der Waals surface area contributed by atoms with Crippen molar-refractivity contribution in [3.8, 4) is 11.4 Å². The van der Waals surface area contributed by atoms with Crippen molar-refractivity contribution in [1.29, 1.82) is 0 Å². The highest BCUT2D eigenvalue weighted by Gasteiger charge is 2.23. The summed E-state index contributed by atoms with van der Waals surface area (Å²) in [6.07, 6.45) is 3.29. The van der Waals surface area contributed by atoms with Gasteiger partial charge in [-0.15, -0.1) is 10.2 Å². The van der Waals surface area contributed by atoms with Gasteiger partial charge in [0.15, 0.2) is 11.5 Å². The van der Waals surface area contributed by atoms with Gasteiger partial charge in [-0.2, -0.15) is 0 Å². The quantitative estimate of drug-likeness (QED) is 0.807. The normalized spacial score (nSPS) is 17.5. The van der Waals surface area contributed by atoms with Gasteiger partial charge in [0.25, 0.3) is 5.91 Å². The number of aromatic nitrogens is 3. The van der Waals surface area contributed by atoms with Crippen LogP contribution >= 0.6 is 0 Å². The predicted octanol–water partition coefficient (Wildman–Crippen LogP) is 2.51. The van der Waals surface area contributed by atoms with Gasteiger partial charge >= 0.3 is 0 Å². The first kappa shape index (κ1) is 13.9. The van der Waals surface area contributed by atoms with Crippen molar-refractivity contribution >= 4 is 17.2 Å². The topological polar surface area (TPSA) is 68.5 Å². The minimum Gasteiger partial charge on any atom is -0.368 e. The number of anilines is 1. The van der Waals surface area contributed by atoms with Crippen LogP contribution in [-0.4, -0.2) is 33.2 Å². The Morgan fingerprint density at radius 2 is 2.17 bits per heavy atom. The van der Waals surface area contributed by atoms with Crippen LogP contribution in [0.2, 0.25) is 0 Å². The van der Waals surface area contributed by atoms with Gasteiger partial charge in [-0.3, -0.25) is 9.20 Å². The highest BCUT2D eigenvalue weighted by atomic mass is 16.5. The molecule has 116 valence electrons. The SMILES string of the molecule is O=C(Nc1cccc(-c2nnc3ccccn23)c1)C1CCCO1. The Bertz CT molecular complexity index is 852. The summed E-state index contributed by atoms with van der Waals surface area (Å²) in [5.74, 6) is 0.652. The van der Waals surface area contributed by atoms with Crippen LogP contribution in [0.3, 0.4) is 0 Å². The average molecular weight is 308 g/mol. The molecule has 3 heterocycles. The molecule has 23 heavy (non-hydrogen) atoms. The molecule has 1 atom stereocenters. The minimum atomic E-state index is -0.340. The molecule has 6 nitrogen and oxygen atoms in total. The number of pyridine rings is 1. The minimum absolute atomic E-state index is 0.0919. The van der Waals surface area contributed by atoms with Crippen LogP contribution < -0.4 is 5.32 Å². The molecule has 1 saturated heterocycles. The number of carbonyl (C=O) groups is 1. The third kappa shape index (κ3) is 2.68. The summed E-state index contributed by atoms with van der Waals surface area (Å²) in [5.41, 5.74) is 2.42. The van der Waals surface area contributed by atoms with Crippen molar-refractivity contribution < 1.29 is 9.53 Å². The monoisotopic (exact) mass is 308 g/mol. The predicted molar refractivity (Wildman–Crippen MR) is 86.0 cm³/mol. The molecule has 0 radical (unpaired) electrons. The molecule has 4 rings (SSSR count). The van der Waals surface area contributed by atoms with Crippen LogP contribution in [-0.2, 0) is 9.53 Å². The Kier molecular flexibility index (Phi) is 3.51. The van der Waals surface area contributed by atoms with Crippen molar-refractivity contribution in [3.05, 3.63) is 48.7 Å². The van der Waals surface area contributed by atoms with E-state index in [1.807, 2.05) is 53.1 Å². The van der Waals surface area contributed by atoms with Crippen molar-refractivity contribution in [2.45, 2.75) is 18.9 Å². The van der Waals surface area contributed by atoms with Crippen LogP contribution in [0.15, 0.2) is 48.7 Å². The summed E-state index contributed by atoms with van der Waals surface area (Å²) in [5, 5.41) is 11.3. The second-order valence-electron chi connectivity index (χ2n) is 5.52. The van der Waals surface area contributed by atoms with Crippen molar-refractivity contribution in [2.24, 2.45) is 0 Å². The zero-order chi connectivity index (χ0) is 15.6. The number of fused-ring (bicyclic) bond motifs is 1. The number of carbonyl (C=O) groups excluding carboxylic acids is 1. The van der Waals surface area contributed by atoms with Crippen LogP contribution in [0.4, 0.5) is 5.69 Å². The average Bonchev–Trinajstić information content (AvgIpc) is 3.25. The van der Waals surface area contributed by atoms with Gasteiger partial charge in [0.1, 0.15) is 6.10 Å². The highest BCUT2D eigenvalue weighted by molar-refractivity contribution is 5.94. The van der Waals surface area contributed by atoms with Crippen molar-refractivity contribution in [3.63, 3.8) is 0 Å². The van der Waals surface area contributed by atoms with Crippen LogP contribution in [0.1, 0.15) is 12.8 Å². The molecule has 1 fully saturated rings. The second kappa shape index (κ2) is 5.81. The fraction of sp³-hybridized carbons (Fsp3) is 0.235. The molecule has 1 aliphatic rings. The number of rotatable bonds is 3. The number of amides is 1. The number of hydrogen-bond donors (Lipinski definition) is 1. The summed E-state index contributed by atoms with van der Waals surface area (Å²) in [6.45, 7) is 0.657. The zero-order valence-corrected chi connectivity index (χ0v) is 12.5. The van der Waals surface area contributed by atoms with Gasteiger partial charge in [-0.05, 0) is 37.1 Å². The maximum absolute atomic E-state index is 12.2. The summed E-state index contributed by atoms with van der Waals surface area (Å²) < 4.78 is 7.33. The number of benzene rings is 1. The molecule has 6 heteroatoms. The van der Waals surface area contributed by atoms with Crippen molar-refractivity contribution in [2.75, 3.05) is 11.9 Å². The van der Waals surface area contributed by atoms with E-state index in [1.54, 1.807) is 0 Å². The molecule has 2 aromatic heterocycles. The highest BCUT2D eigenvalue weighted by Crippen LogP contribution is 2.22. The third-order valence-electron chi connectivity index (χ3n) is 3.92. The van der Waals surface area contributed by atoms with Gasteiger partial charge in [0.2, 0.25) is 0 Å². The Morgan fingerprint density at radius 3 is 3.04 bits per heavy atom. The summed E-state index contributed by atoms with van der Waals surface area (Å²) in [4.78, 5) is 12.2. The van der Waals surface area contributed by atoms with Crippen LogP contribution in [0, 0.1) is 0 Å². The molecule has 0 aliphatic carbocycles. The van der Waals surface area contributed by atoms with Gasteiger partial charge in [-0.25, -0.2) is 0 Å². The zero-order valence-electron chi connectivity index (χ0n) is 12.5. The standard InChI is InChI=1S/C17H16N4O2/c22-17(14-7-4-10-23-14)18-13-6-3-5-12(11-13)16-20-19-15-8-1-2-9-21(15)16/h1-3,5-6,8-9,11,14H,4,7,10H2,(H,18,22). The lowest BCUT2D eigenvalue weighted by Gasteiger charge is -2.11. The fourth-order valence-corrected chi connectivity index (χ4v) is 2.78. The lowest BCUT2D eigenvalue weighted by atomic mass is 10.1. The lowest BCUT2D eigenvalue weighted by Crippen LogP contribution is -2.26. The van der Waals surface area contributed by atoms with Crippen molar-refractivity contribution in [1.82, 2.24) is 14.6 Å². The number of nitrogens with one attached hydrogen (secondary N) is 1. The molecule has 0 bridgehead atoms. The smallest absolute Gasteiger partial charge is 0.253 e.